The Balaban J connectivity index is 1.50. The molecular weight excluding hydrogens is 308 g/mol. The van der Waals surface area contributed by atoms with Crippen LogP contribution in [0.3, 0.4) is 0 Å². The molecule has 0 saturated heterocycles. The molecule has 0 atom stereocenters. The molecular formula is C17H16N4O3. The van der Waals surface area contributed by atoms with Gasteiger partial charge in [0.15, 0.2) is 0 Å². The van der Waals surface area contributed by atoms with Crippen molar-refractivity contribution in [2.45, 2.75) is 6.54 Å². The van der Waals surface area contributed by atoms with Crippen LogP contribution in [0.5, 0.6) is 0 Å². The normalized spacial score (nSPS) is 12.2. The number of carbonyl (C=O) groups excluding carboxylic acids is 1. The molecule has 7 nitrogen and oxygen atoms in total. The van der Waals surface area contributed by atoms with Gasteiger partial charge in [-0.2, -0.15) is 0 Å². The summed E-state index contributed by atoms with van der Waals surface area (Å²) >= 11 is 0. The highest BCUT2D eigenvalue weighted by atomic mass is 16.6. The molecule has 0 aromatic heterocycles. The fourth-order valence-corrected chi connectivity index (χ4v) is 2.51. The molecule has 2 aromatic rings. The summed E-state index contributed by atoms with van der Waals surface area (Å²) < 4.78 is 0. The number of rotatable bonds is 5. The van der Waals surface area contributed by atoms with E-state index in [1.54, 1.807) is 6.07 Å². The lowest BCUT2D eigenvalue weighted by molar-refractivity contribution is -0.384. The van der Waals surface area contributed by atoms with Crippen LogP contribution in [-0.4, -0.2) is 29.8 Å². The Hall–Kier alpha value is -3.22. The zero-order chi connectivity index (χ0) is 16.9. The van der Waals surface area contributed by atoms with Crippen LogP contribution in [0.4, 0.5) is 5.69 Å². The first-order valence-corrected chi connectivity index (χ1v) is 7.54. The highest BCUT2D eigenvalue weighted by Gasteiger charge is 2.14. The minimum Gasteiger partial charge on any atom is -0.368 e. The van der Waals surface area contributed by atoms with Gasteiger partial charge in [0, 0.05) is 36.3 Å². The predicted octanol–water partition coefficient (Wildman–Crippen LogP) is 1.87. The van der Waals surface area contributed by atoms with Gasteiger partial charge in [0.2, 0.25) is 0 Å². The number of carbonyl (C=O) groups is 1. The lowest BCUT2D eigenvalue weighted by atomic mass is 10.1. The van der Waals surface area contributed by atoms with Crippen LogP contribution in [0, 0.1) is 10.1 Å². The van der Waals surface area contributed by atoms with E-state index >= 15 is 0 Å². The molecule has 1 heterocycles. The second kappa shape index (κ2) is 6.91. The number of hydrogen-bond acceptors (Lipinski definition) is 5. The molecule has 2 N–H and O–H groups in total. The fraction of sp³-hybridized carbons (Fsp3) is 0.176. The maximum Gasteiger partial charge on any atom is 0.270 e. The van der Waals surface area contributed by atoms with E-state index in [9.17, 15) is 14.9 Å². The van der Waals surface area contributed by atoms with Crippen LogP contribution in [0.2, 0.25) is 0 Å². The first kappa shape index (κ1) is 15.7. The van der Waals surface area contributed by atoms with Gasteiger partial charge >= 0.3 is 0 Å². The Morgan fingerprint density at radius 3 is 2.83 bits per heavy atom. The average Bonchev–Trinajstić information content (AvgIpc) is 3.02. The average molecular weight is 324 g/mol. The molecule has 1 aliphatic rings. The van der Waals surface area contributed by atoms with Gasteiger partial charge in [0.25, 0.3) is 11.6 Å². The maximum absolute atomic E-state index is 12.0. The smallest absolute Gasteiger partial charge is 0.270 e. The number of nitrogens with zero attached hydrogens (tertiary/aromatic N) is 2. The monoisotopic (exact) mass is 324 g/mol. The van der Waals surface area contributed by atoms with Crippen molar-refractivity contribution < 1.29 is 9.72 Å². The Morgan fingerprint density at radius 2 is 2.00 bits per heavy atom. The first-order chi connectivity index (χ1) is 11.6. The number of hydrogen-bond donors (Lipinski definition) is 2. The summed E-state index contributed by atoms with van der Waals surface area (Å²) in [7, 11) is 0. The van der Waals surface area contributed by atoms with Gasteiger partial charge in [-0.15, -0.1) is 0 Å². The second-order valence-electron chi connectivity index (χ2n) is 5.31. The zero-order valence-electron chi connectivity index (χ0n) is 12.9. The van der Waals surface area contributed by atoms with Crippen molar-refractivity contribution in [2.75, 3.05) is 13.1 Å². The van der Waals surface area contributed by atoms with Crippen LogP contribution >= 0.6 is 0 Å². The molecule has 7 heteroatoms. The highest BCUT2D eigenvalue weighted by Crippen LogP contribution is 2.16. The van der Waals surface area contributed by atoms with E-state index in [1.807, 2.05) is 24.3 Å². The molecule has 0 spiro atoms. The molecule has 122 valence electrons. The summed E-state index contributed by atoms with van der Waals surface area (Å²) in [6, 6.07) is 13.7. The summed E-state index contributed by atoms with van der Waals surface area (Å²) in [6.45, 7) is 1.58. The number of benzene rings is 2. The summed E-state index contributed by atoms with van der Waals surface area (Å²) in [5.41, 5.74) is 2.44. The largest absolute Gasteiger partial charge is 0.368 e. The lowest BCUT2D eigenvalue weighted by Crippen LogP contribution is -2.34. The van der Waals surface area contributed by atoms with Crippen molar-refractivity contribution in [1.82, 2.24) is 10.6 Å². The van der Waals surface area contributed by atoms with Crippen LogP contribution in [0.15, 0.2) is 53.5 Å². The third kappa shape index (κ3) is 3.40. The van der Waals surface area contributed by atoms with Crippen molar-refractivity contribution >= 4 is 17.4 Å². The number of nitro benzene ring substituents is 1. The molecule has 0 radical (unpaired) electrons. The van der Waals surface area contributed by atoms with Gasteiger partial charge in [-0.3, -0.25) is 19.9 Å². The molecule has 1 aliphatic heterocycles. The molecule has 3 rings (SSSR count). The summed E-state index contributed by atoms with van der Waals surface area (Å²) in [6.07, 6.45) is 0. The SMILES string of the molecule is O=C(NCCNC1=NCc2ccccc21)c1cccc([N+](=O)[O-])c1. The molecule has 0 bridgehead atoms. The first-order valence-electron chi connectivity index (χ1n) is 7.54. The van der Waals surface area contributed by atoms with Crippen LogP contribution in [0.1, 0.15) is 21.5 Å². The molecule has 1 amide bonds. The Labute approximate surface area is 138 Å². The quantitative estimate of drug-likeness (QED) is 0.498. The topological polar surface area (TPSA) is 96.6 Å². The molecule has 0 unspecified atom stereocenters. The Morgan fingerprint density at radius 1 is 1.17 bits per heavy atom. The number of fused-ring (bicyclic) bond motifs is 1. The van der Waals surface area contributed by atoms with E-state index in [0.717, 1.165) is 11.4 Å². The molecule has 0 aliphatic carbocycles. The van der Waals surface area contributed by atoms with Gasteiger partial charge < -0.3 is 10.6 Å². The highest BCUT2D eigenvalue weighted by molar-refractivity contribution is 6.02. The second-order valence-corrected chi connectivity index (χ2v) is 5.31. The van der Waals surface area contributed by atoms with E-state index in [1.165, 1.54) is 23.8 Å². The van der Waals surface area contributed by atoms with Gasteiger partial charge in [-0.1, -0.05) is 30.3 Å². The molecule has 0 fully saturated rings. The molecule has 0 saturated carbocycles. The van der Waals surface area contributed by atoms with E-state index in [-0.39, 0.29) is 17.2 Å². The van der Waals surface area contributed by atoms with E-state index in [2.05, 4.69) is 15.6 Å². The third-order valence-corrected chi connectivity index (χ3v) is 3.70. The Kier molecular flexibility index (Phi) is 4.51. The number of nitro groups is 1. The van der Waals surface area contributed by atoms with Crippen molar-refractivity contribution in [3.8, 4) is 0 Å². The molecule has 24 heavy (non-hydrogen) atoms. The maximum atomic E-state index is 12.0. The minimum absolute atomic E-state index is 0.0994. The number of nitrogens with one attached hydrogen (secondary N) is 2. The van der Waals surface area contributed by atoms with Gasteiger partial charge in [-0.05, 0) is 11.6 Å². The number of amidine groups is 1. The Bertz CT molecular complexity index is 817. The van der Waals surface area contributed by atoms with Crippen molar-refractivity contribution in [3.63, 3.8) is 0 Å². The van der Waals surface area contributed by atoms with Crippen molar-refractivity contribution in [3.05, 3.63) is 75.3 Å². The summed E-state index contributed by atoms with van der Waals surface area (Å²) in [5, 5.41) is 16.7. The van der Waals surface area contributed by atoms with Gasteiger partial charge in [-0.25, -0.2) is 0 Å². The minimum atomic E-state index is -0.520. The fourth-order valence-electron chi connectivity index (χ4n) is 2.51. The zero-order valence-corrected chi connectivity index (χ0v) is 12.9. The summed E-state index contributed by atoms with van der Waals surface area (Å²) in [4.78, 5) is 26.7. The van der Waals surface area contributed by atoms with E-state index in [4.69, 9.17) is 0 Å². The lowest BCUT2D eigenvalue weighted by Gasteiger charge is -2.09. The standard InChI is InChI=1S/C17H16N4O3/c22-17(12-5-3-6-14(10-12)21(23)24)19-9-8-18-16-15-7-2-1-4-13(15)11-20-16/h1-7,10H,8-9,11H2,(H,18,20)(H,19,22). The van der Waals surface area contributed by atoms with E-state index < -0.39 is 4.92 Å². The molecule has 2 aromatic carbocycles. The third-order valence-electron chi connectivity index (χ3n) is 3.70. The number of amides is 1. The van der Waals surface area contributed by atoms with Gasteiger partial charge in [0.05, 0.1) is 11.5 Å². The summed E-state index contributed by atoms with van der Waals surface area (Å²) in [5.74, 6) is 0.490. The number of non-ortho nitro benzene ring substituents is 1. The van der Waals surface area contributed by atoms with Gasteiger partial charge in [0.1, 0.15) is 5.84 Å². The van der Waals surface area contributed by atoms with E-state index in [0.29, 0.717) is 19.6 Å². The number of aliphatic imine (C=N–C) groups is 1. The van der Waals surface area contributed by atoms with Crippen molar-refractivity contribution in [1.29, 1.82) is 0 Å². The van der Waals surface area contributed by atoms with Crippen LogP contribution in [0.25, 0.3) is 0 Å². The van der Waals surface area contributed by atoms with Crippen molar-refractivity contribution in [2.24, 2.45) is 4.99 Å². The van der Waals surface area contributed by atoms with Crippen LogP contribution in [-0.2, 0) is 6.54 Å². The van der Waals surface area contributed by atoms with Crippen LogP contribution < -0.4 is 10.6 Å². The predicted molar refractivity (Wildman–Crippen MR) is 90.1 cm³/mol.